The molecule has 180 valence electrons. The van der Waals surface area contributed by atoms with Crippen molar-refractivity contribution in [1.82, 2.24) is 0 Å². The Morgan fingerprint density at radius 3 is 1.53 bits per heavy atom. The first-order valence-electron chi connectivity index (χ1n) is 12.8. The van der Waals surface area contributed by atoms with E-state index in [4.69, 9.17) is 9.47 Å². The third kappa shape index (κ3) is 6.03. The lowest BCUT2D eigenvalue weighted by molar-refractivity contribution is 0.307. The van der Waals surface area contributed by atoms with E-state index in [2.05, 4.69) is 73.1 Å². The van der Waals surface area contributed by atoms with Crippen molar-refractivity contribution in [1.29, 1.82) is 0 Å². The van der Waals surface area contributed by atoms with Gasteiger partial charge in [-0.3, -0.25) is 0 Å². The van der Waals surface area contributed by atoms with E-state index in [-0.39, 0.29) is 0 Å². The average Bonchev–Trinajstić information content (AvgIpc) is 3.53. The van der Waals surface area contributed by atoms with Crippen molar-refractivity contribution in [2.45, 2.75) is 65.2 Å². The molecule has 0 atom stereocenters. The second kappa shape index (κ2) is 13.0. The van der Waals surface area contributed by atoms with Crippen molar-refractivity contribution in [3.05, 3.63) is 59.3 Å². The Morgan fingerprint density at radius 2 is 1.06 bits per heavy atom. The number of thiophene rings is 2. The van der Waals surface area contributed by atoms with Crippen LogP contribution in [0.3, 0.4) is 0 Å². The summed E-state index contributed by atoms with van der Waals surface area (Å²) < 4.78 is 12.5. The Kier molecular flexibility index (Phi) is 9.46. The first-order chi connectivity index (χ1) is 16.8. The molecule has 4 rings (SSSR count). The third-order valence-electron chi connectivity index (χ3n) is 6.17. The molecule has 2 aromatic heterocycles. The van der Waals surface area contributed by atoms with E-state index in [0.29, 0.717) is 0 Å². The predicted molar refractivity (Wildman–Crippen MR) is 149 cm³/mol. The normalized spacial score (nSPS) is 11.2. The van der Waals surface area contributed by atoms with Crippen molar-refractivity contribution in [2.75, 3.05) is 13.2 Å². The molecule has 0 unspecified atom stereocenters. The molecule has 0 bridgehead atoms. The highest BCUT2D eigenvalue weighted by molar-refractivity contribution is 7.14. The van der Waals surface area contributed by atoms with Gasteiger partial charge >= 0.3 is 0 Å². The predicted octanol–water partition coefficient (Wildman–Crippen LogP) is 10.2. The van der Waals surface area contributed by atoms with Gasteiger partial charge in [-0.05, 0) is 52.9 Å². The Balaban J connectivity index is 1.61. The fraction of sp³-hybridized carbons (Fsp3) is 0.400. The van der Waals surface area contributed by atoms with Crippen LogP contribution < -0.4 is 9.47 Å². The van der Waals surface area contributed by atoms with Gasteiger partial charge in [0, 0.05) is 11.1 Å². The second-order valence-corrected chi connectivity index (χ2v) is 10.6. The van der Waals surface area contributed by atoms with Crippen molar-refractivity contribution >= 4 is 22.7 Å². The number of ether oxygens (including phenoxy) is 2. The molecule has 0 amide bonds. The molecular weight excluding hydrogens is 456 g/mol. The summed E-state index contributed by atoms with van der Waals surface area (Å²) in [6, 6.07) is 17.4. The zero-order valence-electron chi connectivity index (χ0n) is 20.5. The van der Waals surface area contributed by atoms with Crippen LogP contribution >= 0.6 is 22.7 Å². The minimum absolute atomic E-state index is 0.782. The SMILES string of the molecule is CCCCCCOc1ccsc1-c1cc(-c2sccc2OCCCCCC)c2cccccc1-2. The summed E-state index contributed by atoms with van der Waals surface area (Å²) in [7, 11) is 0. The van der Waals surface area contributed by atoms with Gasteiger partial charge in [0.25, 0.3) is 0 Å². The molecule has 2 nitrogen and oxygen atoms in total. The molecule has 0 aliphatic heterocycles. The van der Waals surface area contributed by atoms with E-state index < -0.39 is 0 Å². The number of rotatable bonds is 14. The summed E-state index contributed by atoms with van der Waals surface area (Å²) in [6.07, 6.45) is 9.72. The maximum absolute atomic E-state index is 6.25. The van der Waals surface area contributed by atoms with E-state index >= 15 is 0 Å². The van der Waals surface area contributed by atoms with E-state index in [1.165, 1.54) is 70.5 Å². The minimum atomic E-state index is 0.782. The molecule has 0 N–H and O–H groups in total. The third-order valence-corrected chi connectivity index (χ3v) is 8.02. The highest BCUT2D eigenvalue weighted by Gasteiger charge is 2.23. The van der Waals surface area contributed by atoms with Crippen molar-refractivity contribution in [3.8, 4) is 43.5 Å². The van der Waals surface area contributed by atoms with Crippen LogP contribution in [-0.2, 0) is 0 Å². The molecule has 0 radical (unpaired) electrons. The fourth-order valence-corrected chi connectivity index (χ4v) is 6.06. The van der Waals surface area contributed by atoms with Crippen LogP contribution in [0.2, 0.25) is 0 Å². The summed E-state index contributed by atoms with van der Waals surface area (Å²) in [6.45, 7) is 6.05. The Bertz CT molecular complexity index is 1030. The summed E-state index contributed by atoms with van der Waals surface area (Å²) in [4.78, 5) is 2.44. The van der Waals surface area contributed by atoms with Crippen LogP contribution in [0.1, 0.15) is 65.2 Å². The van der Waals surface area contributed by atoms with Gasteiger partial charge in [0.1, 0.15) is 11.5 Å². The van der Waals surface area contributed by atoms with Crippen LogP contribution in [0.4, 0.5) is 0 Å². The highest BCUT2D eigenvalue weighted by atomic mass is 32.1. The van der Waals surface area contributed by atoms with Gasteiger partial charge in [-0.15, -0.1) is 22.7 Å². The molecule has 0 aromatic carbocycles. The van der Waals surface area contributed by atoms with Crippen molar-refractivity contribution in [2.24, 2.45) is 0 Å². The van der Waals surface area contributed by atoms with Crippen LogP contribution in [0.25, 0.3) is 32.0 Å². The monoisotopic (exact) mass is 492 g/mol. The topological polar surface area (TPSA) is 18.5 Å². The van der Waals surface area contributed by atoms with Crippen molar-refractivity contribution < 1.29 is 9.47 Å². The lowest BCUT2D eigenvalue weighted by Crippen LogP contribution is -1.97. The molecule has 2 aliphatic carbocycles. The second-order valence-electron chi connectivity index (χ2n) is 8.76. The first kappa shape index (κ1) is 24.8. The molecular formula is C30H36O2S2. The largest absolute Gasteiger partial charge is 0.492 e. The van der Waals surface area contributed by atoms with Crippen molar-refractivity contribution in [3.63, 3.8) is 0 Å². The zero-order valence-corrected chi connectivity index (χ0v) is 22.1. The number of unbranched alkanes of at least 4 members (excludes halogenated alkanes) is 6. The maximum Gasteiger partial charge on any atom is 0.137 e. The van der Waals surface area contributed by atoms with Crippen LogP contribution in [0.15, 0.2) is 59.3 Å². The molecule has 2 aromatic rings. The number of fused-ring (bicyclic) bond motifs is 1. The van der Waals surface area contributed by atoms with Gasteiger partial charge < -0.3 is 9.47 Å². The van der Waals surface area contributed by atoms with Gasteiger partial charge in [0.05, 0.1) is 23.0 Å². The molecule has 34 heavy (non-hydrogen) atoms. The van der Waals surface area contributed by atoms with Crippen LogP contribution in [0.5, 0.6) is 11.5 Å². The average molecular weight is 493 g/mol. The van der Waals surface area contributed by atoms with Gasteiger partial charge in [0.15, 0.2) is 0 Å². The summed E-state index contributed by atoms with van der Waals surface area (Å²) in [5, 5.41) is 4.29. The zero-order chi connectivity index (χ0) is 23.6. The van der Waals surface area contributed by atoms with Gasteiger partial charge in [-0.2, -0.15) is 0 Å². The summed E-state index contributed by atoms with van der Waals surface area (Å²) in [5.74, 6) is 2.01. The van der Waals surface area contributed by atoms with Gasteiger partial charge in [0.2, 0.25) is 0 Å². The van der Waals surface area contributed by atoms with Crippen LogP contribution in [-0.4, -0.2) is 13.2 Å². The molecule has 2 aliphatic rings. The smallest absolute Gasteiger partial charge is 0.137 e. The lowest BCUT2D eigenvalue weighted by atomic mass is 10.1. The molecule has 2 heterocycles. The number of hydrogen-bond acceptors (Lipinski definition) is 4. The Morgan fingerprint density at radius 1 is 0.559 bits per heavy atom. The molecule has 4 heteroatoms. The molecule has 0 saturated carbocycles. The Labute approximate surface area is 212 Å². The highest BCUT2D eigenvalue weighted by Crippen LogP contribution is 2.50. The quantitative estimate of drug-likeness (QED) is 0.163. The Hall–Kier alpha value is -2.30. The lowest BCUT2D eigenvalue weighted by Gasteiger charge is -2.08. The molecule has 0 fully saturated rings. The van der Waals surface area contributed by atoms with E-state index in [9.17, 15) is 0 Å². The van der Waals surface area contributed by atoms with E-state index in [0.717, 1.165) is 37.6 Å². The van der Waals surface area contributed by atoms with Gasteiger partial charge in [-0.25, -0.2) is 0 Å². The summed E-state index contributed by atoms with van der Waals surface area (Å²) in [5.41, 5.74) is 5.03. The first-order valence-corrected chi connectivity index (χ1v) is 14.5. The minimum Gasteiger partial charge on any atom is -0.492 e. The fourth-order valence-electron chi connectivity index (χ4n) is 4.33. The standard InChI is InChI=1S/C30H36O2S2/c1-3-5-7-12-18-31-27-16-20-33-29(27)25-22-26(24-15-11-9-10-14-23(24)25)30-28(17-21-34-30)32-19-13-8-6-4-2/h9-11,14-17,20-22H,3-8,12-13,18-19H2,1-2H3. The molecule has 0 spiro atoms. The van der Waals surface area contributed by atoms with E-state index in [1.807, 2.05) is 0 Å². The van der Waals surface area contributed by atoms with Crippen LogP contribution in [0, 0.1) is 0 Å². The molecule has 0 saturated heterocycles. The summed E-state index contributed by atoms with van der Waals surface area (Å²) >= 11 is 3.53. The van der Waals surface area contributed by atoms with Gasteiger partial charge in [-0.1, -0.05) is 82.7 Å². The van der Waals surface area contributed by atoms with E-state index in [1.54, 1.807) is 22.7 Å². The number of hydrogen-bond donors (Lipinski definition) is 0. The maximum atomic E-state index is 6.25.